The van der Waals surface area contributed by atoms with Crippen LogP contribution in [0.5, 0.6) is 17.2 Å². The zero-order chi connectivity index (χ0) is 20.2. The molecule has 1 N–H and O–H groups in total. The smallest absolute Gasteiger partial charge is 0.162 e. The summed E-state index contributed by atoms with van der Waals surface area (Å²) in [6.45, 7) is 2.73. The van der Waals surface area contributed by atoms with Crippen molar-refractivity contribution in [2.75, 3.05) is 39.3 Å². The zero-order valence-electron chi connectivity index (χ0n) is 17.0. The second kappa shape index (κ2) is 8.53. The van der Waals surface area contributed by atoms with Crippen molar-refractivity contribution in [3.63, 3.8) is 0 Å². The van der Waals surface area contributed by atoms with Gasteiger partial charge in [-0.2, -0.15) is 10.2 Å². The lowest BCUT2D eigenvalue weighted by Gasteiger charge is -2.21. The third kappa shape index (κ3) is 4.05. The van der Waals surface area contributed by atoms with Gasteiger partial charge in [0.25, 0.3) is 0 Å². The topological polar surface area (TPSA) is 68.7 Å². The highest BCUT2D eigenvalue weighted by Crippen LogP contribution is 2.36. The zero-order valence-corrected chi connectivity index (χ0v) is 17.0. The van der Waals surface area contributed by atoms with Crippen LogP contribution in [-0.2, 0) is 6.54 Å². The van der Waals surface area contributed by atoms with Crippen LogP contribution in [0.15, 0.2) is 42.6 Å². The van der Waals surface area contributed by atoms with Crippen molar-refractivity contribution in [2.45, 2.75) is 19.0 Å². The van der Waals surface area contributed by atoms with E-state index in [-0.39, 0.29) is 0 Å². The van der Waals surface area contributed by atoms with Crippen LogP contribution in [0.4, 0.5) is 5.69 Å². The van der Waals surface area contributed by atoms with Gasteiger partial charge in [-0.15, -0.1) is 0 Å². The molecule has 0 spiro atoms. The van der Waals surface area contributed by atoms with E-state index >= 15 is 0 Å². The molecule has 1 saturated heterocycles. The number of benzene rings is 2. The lowest BCUT2D eigenvalue weighted by Crippen LogP contribution is -2.32. The predicted molar refractivity (Wildman–Crippen MR) is 113 cm³/mol. The molecule has 1 atom stereocenters. The molecular weight excluding hydrogens is 368 g/mol. The molecule has 1 unspecified atom stereocenters. The third-order valence-electron chi connectivity index (χ3n) is 5.41. The van der Waals surface area contributed by atoms with E-state index in [1.807, 2.05) is 30.5 Å². The van der Waals surface area contributed by atoms with E-state index in [0.29, 0.717) is 17.5 Å². The molecular formula is C22H26N4O3. The minimum Gasteiger partial charge on any atom is -0.497 e. The fraction of sp³-hybridized carbons (Fsp3) is 0.364. The molecule has 0 radical (unpaired) electrons. The fourth-order valence-corrected chi connectivity index (χ4v) is 3.77. The molecule has 1 aromatic heterocycles. The third-order valence-corrected chi connectivity index (χ3v) is 5.41. The van der Waals surface area contributed by atoms with Gasteiger partial charge in [0, 0.05) is 37.1 Å². The molecule has 1 aliphatic heterocycles. The maximum atomic E-state index is 5.47. The summed E-state index contributed by atoms with van der Waals surface area (Å²) in [5, 5.41) is 13.2. The molecule has 0 aliphatic carbocycles. The normalized spacial score (nSPS) is 16.2. The van der Waals surface area contributed by atoms with E-state index in [0.717, 1.165) is 48.4 Å². The number of rotatable bonds is 7. The van der Waals surface area contributed by atoms with Gasteiger partial charge in [0.1, 0.15) is 5.75 Å². The summed E-state index contributed by atoms with van der Waals surface area (Å²) in [5.41, 5.74) is 3.12. The highest BCUT2D eigenvalue weighted by molar-refractivity contribution is 5.93. The molecule has 3 aromatic rings. The van der Waals surface area contributed by atoms with Crippen molar-refractivity contribution in [1.29, 1.82) is 0 Å². The van der Waals surface area contributed by atoms with Gasteiger partial charge in [0.2, 0.25) is 0 Å². The summed E-state index contributed by atoms with van der Waals surface area (Å²) in [6.07, 6.45) is 2.91. The van der Waals surface area contributed by atoms with Crippen molar-refractivity contribution in [3.8, 4) is 17.2 Å². The van der Waals surface area contributed by atoms with Crippen LogP contribution in [0.2, 0.25) is 0 Å². The largest absolute Gasteiger partial charge is 0.497 e. The van der Waals surface area contributed by atoms with Crippen LogP contribution in [0.1, 0.15) is 12.0 Å². The molecule has 29 heavy (non-hydrogen) atoms. The van der Waals surface area contributed by atoms with E-state index in [1.165, 1.54) is 5.56 Å². The van der Waals surface area contributed by atoms with Gasteiger partial charge in [0.15, 0.2) is 11.5 Å². The summed E-state index contributed by atoms with van der Waals surface area (Å²) < 4.78 is 16.1. The van der Waals surface area contributed by atoms with Gasteiger partial charge in [-0.1, -0.05) is 12.1 Å². The molecule has 2 heterocycles. The number of nitrogens with zero attached hydrogens (tertiary/aromatic N) is 3. The van der Waals surface area contributed by atoms with E-state index < -0.39 is 0 Å². The van der Waals surface area contributed by atoms with Crippen molar-refractivity contribution in [2.24, 2.45) is 0 Å². The Morgan fingerprint density at radius 2 is 1.79 bits per heavy atom. The fourth-order valence-electron chi connectivity index (χ4n) is 3.77. The summed E-state index contributed by atoms with van der Waals surface area (Å²) >= 11 is 0. The Bertz CT molecular complexity index is 978. The minimum atomic E-state index is 0.417. The second-order valence-electron chi connectivity index (χ2n) is 7.11. The minimum absolute atomic E-state index is 0.417. The van der Waals surface area contributed by atoms with Crippen LogP contribution in [0.3, 0.4) is 0 Å². The van der Waals surface area contributed by atoms with Gasteiger partial charge in [0.05, 0.1) is 38.7 Å². The maximum Gasteiger partial charge on any atom is 0.162 e. The molecule has 2 aromatic carbocycles. The Labute approximate surface area is 170 Å². The summed E-state index contributed by atoms with van der Waals surface area (Å²) in [5.74, 6) is 2.24. The Morgan fingerprint density at radius 1 is 1.03 bits per heavy atom. The summed E-state index contributed by atoms with van der Waals surface area (Å²) in [6, 6.07) is 12.5. The molecule has 0 saturated carbocycles. The summed E-state index contributed by atoms with van der Waals surface area (Å²) in [7, 11) is 4.96. The first-order chi connectivity index (χ1) is 14.2. The molecule has 7 nitrogen and oxygen atoms in total. The number of nitrogens with one attached hydrogen (secondary N) is 1. The van der Waals surface area contributed by atoms with Crippen LogP contribution in [0.25, 0.3) is 10.9 Å². The first-order valence-corrected chi connectivity index (χ1v) is 9.70. The van der Waals surface area contributed by atoms with E-state index in [9.17, 15) is 0 Å². The number of hydrogen-bond donors (Lipinski definition) is 1. The van der Waals surface area contributed by atoms with Gasteiger partial charge >= 0.3 is 0 Å². The highest BCUT2D eigenvalue weighted by atomic mass is 16.5. The highest BCUT2D eigenvalue weighted by Gasteiger charge is 2.24. The number of ether oxygens (including phenoxy) is 3. The Kier molecular flexibility index (Phi) is 5.67. The predicted octanol–water partition coefficient (Wildman–Crippen LogP) is 3.02. The molecule has 0 amide bonds. The molecule has 7 heteroatoms. The average molecular weight is 394 g/mol. The number of hydrogen-bond acceptors (Lipinski definition) is 7. The average Bonchev–Trinajstić information content (AvgIpc) is 3.25. The van der Waals surface area contributed by atoms with Crippen molar-refractivity contribution in [3.05, 3.63) is 48.2 Å². The molecule has 1 fully saturated rings. The molecule has 0 bridgehead atoms. The quantitative estimate of drug-likeness (QED) is 0.661. The first-order valence-electron chi connectivity index (χ1n) is 9.70. The molecule has 1 aliphatic rings. The first kappa shape index (κ1) is 19.3. The number of methoxy groups -OCH3 is 3. The number of aromatic nitrogens is 2. The van der Waals surface area contributed by atoms with E-state index in [4.69, 9.17) is 14.2 Å². The van der Waals surface area contributed by atoms with Crippen LogP contribution >= 0.6 is 0 Å². The standard InChI is InChI=1S/C22H26N4O3/c1-27-17-6-4-15(5-7-17)12-23-16-8-9-26(14-16)20-13-24-25-19-11-22(29-3)21(28-2)10-18(19)20/h4-7,10-11,13,16,23H,8-9,12,14H2,1-3H3. The maximum absolute atomic E-state index is 5.47. The van der Waals surface area contributed by atoms with Crippen LogP contribution < -0.4 is 24.4 Å². The van der Waals surface area contributed by atoms with Gasteiger partial charge in [-0.3, -0.25) is 0 Å². The van der Waals surface area contributed by atoms with E-state index in [2.05, 4.69) is 32.5 Å². The van der Waals surface area contributed by atoms with Crippen molar-refractivity contribution in [1.82, 2.24) is 15.5 Å². The van der Waals surface area contributed by atoms with Crippen molar-refractivity contribution < 1.29 is 14.2 Å². The van der Waals surface area contributed by atoms with Gasteiger partial charge < -0.3 is 24.4 Å². The lowest BCUT2D eigenvalue weighted by molar-refractivity contribution is 0.355. The molecule has 152 valence electrons. The van der Waals surface area contributed by atoms with Gasteiger partial charge in [-0.05, 0) is 30.2 Å². The number of fused-ring (bicyclic) bond motifs is 1. The Morgan fingerprint density at radius 3 is 2.52 bits per heavy atom. The monoisotopic (exact) mass is 394 g/mol. The molecule has 4 rings (SSSR count). The van der Waals surface area contributed by atoms with Crippen molar-refractivity contribution >= 4 is 16.6 Å². The lowest BCUT2D eigenvalue weighted by atomic mass is 10.1. The van der Waals surface area contributed by atoms with Crippen LogP contribution in [0, 0.1) is 0 Å². The Hall–Kier alpha value is -3.06. The van der Waals surface area contributed by atoms with E-state index in [1.54, 1.807) is 21.3 Å². The number of anilines is 1. The summed E-state index contributed by atoms with van der Waals surface area (Å²) in [4.78, 5) is 2.36. The SMILES string of the molecule is COc1ccc(CNC2CCN(c3cnnc4cc(OC)c(OC)cc34)C2)cc1. The second-order valence-corrected chi connectivity index (χ2v) is 7.11. The van der Waals surface area contributed by atoms with Gasteiger partial charge in [-0.25, -0.2) is 0 Å². The Balaban J connectivity index is 1.47. The van der Waals surface area contributed by atoms with Crippen LogP contribution in [-0.4, -0.2) is 50.7 Å².